The molecular formula is C18H19ClO2. The Morgan fingerprint density at radius 3 is 2.19 bits per heavy atom. The molecular weight excluding hydrogens is 284 g/mol. The topological polar surface area (TPSA) is 37.3 Å². The molecule has 21 heavy (non-hydrogen) atoms. The van der Waals surface area contributed by atoms with Crippen LogP contribution in [-0.4, -0.2) is 11.1 Å². The van der Waals surface area contributed by atoms with E-state index in [9.17, 15) is 4.79 Å². The molecule has 110 valence electrons. The molecule has 0 unspecified atom stereocenters. The van der Waals surface area contributed by atoms with Gasteiger partial charge in [0.25, 0.3) is 0 Å². The molecule has 0 aliphatic carbocycles. The van der Waals surface area contributed by atoms with E-state index in [1.807, 2.05) is 31.2 Å². The van der Waals surface area contributed by atoms with Crippen molar-refractivity contribution in [2.45, 2.75) is 33.1 Å². The maximum atomic E-state index is 11.1. The van der Waals surface area contributed by atoms with E-state index >= 15 is 0 Å². The highest BCUT2D eigenvalue weighted by Gasteiger charge is 2.20. The second-order valence-electron chi connectivity index (χ2n) is 6.27. The average molecular weight is 303 g/mol. The molecule has 0 atom stereocenters. The first-order chi connectivity index (χ1) is 9.70. The maximum Gasteiger partial charge on any atom is 0.335 e. The van der Waals surface area contributed by atoms with Gasteiger partial charge in [0.05, 0.1) is 5.56 Å². The Balaban J connectivity index is 2.65. The lowest BCUT2D eigenvalue weighted by molar-refractivity contribution is 0.0697. The number of rotatable bonds is 2. The summed E-state index contributed by atoms with van der Waals surface area (Å²) in [5.41, 5.74) is 4.51. The van der Waals surface area contributed by atoms with Crippen LogP contribution >= 0.6 is 11.6 Å². The van der Waals surface area contributed by atoms with Gasteiger partial charge in [0.15, 0.2) is 0 Å². The van der Waals surface area contributed by atoms with Crippen LogP contribution in [0.1, 0.15) is 42.3 Å². The summed E-state index contributed by atoms with van der Waals surface area (Å²) in [6, 6.07) is 11.1. The lowest BCUT2D eigenvalue weighted by Gasteiger charge is -2.24. The molecule has 0 amide bonds. The first-order valence-electron chi connectivity index (χ1n) is 6.84. The molecule has 0 spiro atoms. The van der Waals surface area contributed by atoms with Crippen molar-refractivity contribution in [2.75, 3.05) is 0 Å². The monoisotopic (exact) mass is 302 g/mol. The van der Waals surface area contributed by atoms with Gasteiger partial charge in [-0.2, -0.15) is 0 Å². The number of hydrogen-bond acceptors (Lipinski definition) is 1. The fourth-order valence-corrected chi connectivity index (χ4v) is 2.64. The van der Waals surface area contributed by atoms with Gasteiger partial charge in [0.1, 0.15) is 0 Å². The zero-order valence-electron chi connectivity index (χ0n) is 12.7. The summed E-state index contributed by atoms with van der Waals surface area (Å²) in [7, 11) is 0. The van der Waals surface area contributed by atoms with Crippen LogP contribution in [0.5, 0.6) is 0 Å². The molecule has 0 saturated heterocycles. The van der Waals surface area contributed by atoms with Crippen molar-refractivity contribution in [1.82, 2.24) is 0 Å². The standard InChI is InChI=1S/C18H19ClO2/c1-11-9-12(17(20)21)5-7-14(11)15-8-6-13(19)10-16(15)18(2,3)4/h5-10H,1-4H3,(H,20,21). The molecule has 2 aromatic carbocycles. The summed E-state index contributed by atoms with van der Waals surface area (Å²) in [5, 5.41) is 9.79. The Bertz CT molecular complexity index is 697. The van der Waals surface area contributed by atoms with Crippen molar-refractivity contribution in [3.8, 4) is 11.1 Å². The lowest BCUT2D eigenvalue weighted by atomic mass is 9.81. The second kappa shape index (κ2) is 5.53. The van der Waals surface area contributed by atoms with Gasteiger partial charge in [-0.15, -0.1) is 0 Å². The van der Waals surface area contributed by atoms with Crippen molar-refractivity contribution in [3.05, 3.63) is 58.1 Å². The summed E-state index contributed by atoms with van der Waals surface area (Å²) in [5.74, 6) is -0.906. The Labute approximate surface area is 130 Å². The van der Waals surface area contributed by atoms with E-state index in [4.69, 9.17) is 16.7 Å². The van der Waals surface area contributed by atoms with Crippen LogP contribution in [0.2, 0.25) is 5.02 Å². The molecule has 0 aliphatic rings. The van der Waals surface area contributed by atoms with Crippen LogP contribution < -0.4 is 0 Å². The maximum absolute atomic E-state index is 11.1. The molecule has 2 rings (SSSR count). The normalized spacial score (nSPS) is 11.5. The molecule has 2 nitrogen and oxygen atoms in total. The van der Waals surface area contributed by atoms with Crippen LogP contribution in [-0.2, 0) is 5.41 Å². The number of carboxylic acids is 1. The van der Waals surface area contributed by atoms with E-state index < -0.39 is 5.97 Å². The molecule has 2 aromatic rings. The molecule has 0 saturated carbocycles. The SMILES string of the molecule is Cc1cc(C(=O)O)ccc1-c1ccc(Cl)cc1C(C)(C)C. The quantitative estimate of drug-likeness (QED) is 0.816. The van der Waals surface area contributed by atoms with Gasteiger partial charge in [-0.25, -0.2) is 4.79 Å². The molecule has 0 heterocycles. The molecule has 0 bridgehead atoms. The zero-order chi connectivity index (χ0) is 15.8. The summed E-state index contributed by atoms with van der Waals surface area (Å²) >= 11 is 6.14. The number of carbonyl (C=O) groups is 1. The number of aryl methyl sites for hydroxylation is 1. The second-order valence-corrected chi connectivity index (χ2v) is 6.71. The lowest BCUT2D eigenvalue weighted by Crippen LogP contribution is -2.13. The fourth-order valence-electron chi connectivity index (χ4n) is 2.47. The van der Waals surface area contributed by atoms with Crippen molar-refractivity contribution in [3.63, 3.8) is 0 Å². The molecule has 0 aromatic heterocycles. The third kappa shape index (κ3) is 3.27. The molecule has 0 radical (unpaired) electrons. The molecule has 0 fully saturated rings. The van der Waals surface area contributed by atoms with Crippen molar-refractivity contribution in [1.29, 1.82) is 0 Å². The largest absolute Gasteiger partial charge is 0.478 e. The number of carboxylic acid groups (broad SMARTS) is 1. The predicted octanol–water partition coefficient (Wildman–Crippen LogP) is 5.31. The minimum Gasteiger partial charge on any atom is -0.478 e. The number of aromatic carboxylic acids is 1. The highest BCUT2D eigenvalue weighted by molar-refractivity contribution is 6.30. The third-order valence-corrected chi connectivity index (χ3v) is 3.79. The minimum atomic E-state index is -0.906. The number of hydrogen-bond donors (Lipinski definition) is 1. The van der Waals surface area contributed by atoms with Gasteiger partial charge < -0.3 is 5.11 Å². The molecule has 0 aliphatic heterocycles. The van der Waals surface area contributed by atoms with Gasteiger partial charge in [-0.1, -0.05) is 44.5 Å². The first-order valence-corrected chi connectivity index (χ1v) is 7.22. The Morgan fingerprint density at radius 2 is 1.67 bits per heavy atom. The zero-order valence-corrected chi connectivity index (χ0v) is 13.5. The van der Waals surface area contributed by atoms with Gasteiger partial charge >= 0.3 is 5.97 Å². The van der Waals surface area contributed by atoms with Crippen LogP contribution in [0.25, 0.3) is 11.1 Å². The van der Waals surface area contributed by atoms with Crippen LogP contribution in [0.3, 0.4) is 0 Å². The van der Waals surface area contributed by atoms with E-state index in [0.717, 1.165) is 22.3 Å². The Hall–Kier alpha value is -1.80. The van der Waals surface area contributed by atoms with E-state index in [1.54, 1.807) is 12.1 Å². The van der Waals surface area contributed by atoms with E-state index in [-0.39, 0.29) is 5.41 Å². The smallest absolute Gasteiger partial charge is 0.335 e. The highest BCUT2D eigenvalue weighted by Crippen LogP contribution is 2.36. The number of benzene rings is 2. The Morgan fingerprint density at radius 1 is 1.05 bits per heavy atom. The summed E-state index contributed by atoms with van der Waals surface area (Å²) in [6.45, 7) is 8.36. The summed E-state index contributed by atoms with van der Waals surface area (Å²) in [6.07, 6.45) is 0. The fraction of sp³-hybridized carbons (Fsp3) is 0.278. The number of halogens is 1. The van der Waals surface area contributed by atoms with E-state index in [0.29, 0.717) is 10.6 Å². The minimum absolute atomic E-state index is 0.0435. The summed E-state index contributed by atoms with van der Waals surface area (Å²) in [4.78, 5) is 11.1. The predicted molar refractivity (Wildman–Crippen MR) is 87.3 cm³/mol. The van der Waals surface area contributed by atoms with E-state index in [2.05, 4.69) is 20.8 Å². The summed E-state index contributed by atoms with van der Waals surface area (Å²) < 4.78 is 0. The first kappa shape index (κ1) is 15.6. The van der Waals surface area contributed by atoms with Crippen molar-refractivity contribution in [2.24, 2.45) is 0 Å². The van der Waals surface area contributed by atoms with Crippen LogP contribution in [0, 0.1) is 6.92 Å². The molecule has 3 heteroatoms. The van der Waals surface area contributed by atoms with Crippen molar-refractivity contribution >= 4 is 17.6 Å². The molecule has 1 N–H and O–H groups in total. The van der Waals surface area contributed by atoms with Gasteiger partial charge in [0.2, 0.25) is 0 Å². The van der Waals surface area contributed by atoms with Gasteiger partial charge in [0, 0.05) is 5.02 Å². The average Bonchev–Trinajstić information content (AvgIpc) is 2.38. The Kier molecular flexibility index (Phi) is 4.11. The highest BCUT2D eigenvalue weighted by atomic mass is 35.5. The van der Waals surface area contributed by atoms with Crippen LogP contribution in [0.4, 0.5) is 0 Å². The van der Waals surface area contributed by atoms with Gasteiger partial charge in [-0.05, 0) is 58.9 Å². The van der Waals surface area contributed by atoms with E-state index in [1.165, 1.54) is 0 Å². The van der Waals surface area contributed by atoms with Crippen LogP contribution in [0.15, 0.2) is 36.4 Å². The van der Waals surface area contributed by atoms with Gasteiger partial charge in [-0.3, -0.25) is 0 Å². The van der Waals surface area contributed by atoms with Crippen molar-refractivity contribution < 1.29 is 9.90 Å². The third-order valence-electron chi connectivity index (χ3n) is 3.55.